The average molecular weight is 366 g/mol. The molecule has 2 atom stereocenters. The molecule has 3 rings (SSSR count). The maximum Gasteiger partial charge on any atom is 0.252 e. The first-order chi connectivity index (χ1) is 11.9. The van der Waals surface area contributed by atoms with E-state index in [2.05, 4.69) is 10.6 Å². The van der Waals surface area contributed by atoms with Gasteiger partial charge in [0, 0.05) is 5.02 Å². The van der Waals surface area contributed by atoms with Crippen molar-refractivity contribution >= 4 is 29.3 Å². The van der Waals surface area contributed by atoms with Crippen LogP contribution in [0.4, 0.5) is 0 Å². The number of rotatable bonds is 4. The molecular formula is C17H20ClN3O4. The highest BCUT2D eigenvalue weighted by atomic mass is 35.5. The number of nitrogens with two attached hydrogens (primary N) is 1. The van der Waals surface area contributed by atoms with Crippen LogP contribution in [0.3, 0.4) is 0 Å². The van der Waals surface area contributed by atoms with Crippen LogP contribution >= 0.6 is 11.6 Å². The summed E-state index contributed by atoms with van der Waals surface area (Å²) in [5.41, 5.74) is 5.05. The maximum atomic E-state index is 12.8. The number of ether oxygens (including phenoxy) is 1. The van der Waals surface area contributed by atoms with Gasteiger partial charge < -0.3 is 21.1 Å². The van der Waals surface area contributed by atoms with Gasteiger partial charge in [-0.25, -0.2) is 0 Å². The second-order valence-corrected chi connectivity index (χ2v) is 6.85. The quantitative estimate of drug-likeness (QED) is 0.733. The van der Waals surface area contributed by atoms with Crippen molar-refractivity contribution < 1.29 is 19.1 Å². The Bertz CT molecular complexity index is 703. The van der Waals surface area contributed by atoms with E-state index in [0.717, 1.165) is 12.8 Å². The molecule has 1 aliphatic carbocycles. The molecule has 1 aliphatic heterocycles. The first kappa shape index (κ1) is 17.7. The third kappa shape index (κ3) is 3.48. The number of amides is 3. The van der Waals surface area contributed by atoms with Crippen molar-refractivity contribution in [1.82, 2.24) is 10.6 Å². The smallest absolute Gasteiger partial charge is 0.252 e. The fraction of sp³-hybridized carbons (Fsp3) is 0.471. The summed E-state index contributed by atoms with van der Waals surface area (Å²) in [6.45, 7) is -0.234. The molecule has 2 fully saturated rings. The van der Waals surface area contributed by atoms with Crippen LogP contribution in [0.5, 0.6) is 0 Å². The van der Waals surface area contributed by atoms with Crippen LogP contribution in [0.15, 0.2) is 24.3 Å². The summed E-state index contributed by atoms with van der Waals surface area (Å²) in [6.07, 6.45) is 1.65. The summed E-state index contributed by atoms with van der Waals surface area (Å²) in [6, 6.07) is 6.18. The molecule has 1 saturated heterocycles. The van der Waals surface area contributed by atoms with Crippen molar-refractivity contribution in [2.24, 2.45) is 5.73 Å². The highest BCUT2D eigenvalue weighted by Gasteiger charge is 2.45. The van der Waals surface area contributed by atoms with Crippen LogP contribution in [0.1, 0.15) is 37.3 Å². The lowest BCUT2D eigenvalue weighted by molar-refractivity contribution is -0.150. The van der Waals surface area contributed by atoms with Crippen LogP contribution in [-0.4, -0.2) is 36.0 Å². The number of hydrogen-bond donors (Lipinski definition) is 3. The third-order valence-corrected chi connectivity index (χ3v) is 5.15. The van der Waals surface area contributed by atoms with Gasteiger partial charge in [-0.05, 0) is 24.5 Å². The first-order valence-electron chi connectivity index (χ1n) is 8.20. The lowest BCUT2D eigenvalue weighted by atomic mass is 9.94. The molecule has 1 aromatic rings. The third-order valence-electron chi connectivity index (χ3n) is 4.80. The zero-order chi connectivity index (χ0) is 18.0. The number of halogens is 1. The Labute approximate surface area is 150 Å². The molecule has 25 heavy (non-hydrogen) atoms. The SMILES string of the molecule is NC(=O)C1(NC(=O)[C@H]2OCC(=O)N[C@@H]2c2ccccc2Cl)CCCC1. The minimum absolute atomic E-state index is 0.234. The number of carbonyl (C=O) groups excluding carboxylic acids is 3. The Morgan fingerprint density at radius 2 is 1.96 bits per heavy atom. The van der Waals surface area contributed by atoms with Gasteiger partial charge in [0.15, 0.2) is 6.10 Å². The summed E-state index contributed by atoms with van der Waals surface area (Å²) in [7, 11) is 0. The van der Waals surface area contributed by atoms with Crippen molar-refractivity contribution in [3.05, 3.63) is 34.9 Å². The topological polar surface area (TPSA) is 111 Å². The van der Waals surface area contributed by atoms with Gasteiger partial charge in [0.1, 0.15) is 12.1 Å². The van der Waals surface area contributed by atoms with E-state index in [1.54, 1.807) is 24.3 Å². The fourth-order valence-corrected chi connectivity index (χ4v) is 3.72. The highest BCUT2D eigenvalue weighted by Crippen LogP contribution is 2.32. The molecule has 0 aromatic heterocycles. The molecule has 8 heteroatoms. The summed E-state index contributed by atoms with van der Waals surface area (Å²) in [5, 5.41) is 5.93. The van der Waals surface area contributed by atoms with Gasteiger partial charge in [0.2, 0.25) is 11.8 Å². The number of primary amides is 1. The van der Waals surface area contributed by atoms with E-state index in [9.17, 15) is 14.4 Å². The summed E-state index contributed by atoms with van der Waals surface area (Å²) in [5.74, 6) is -1.36. The van der Waals surface area contributed by atoms with Crippen molar-refractivity contribution in [2.75, 3.05) is 6.61 Å². The van der Waals surface area contributed by atoms with Gasteiger partial charge in [0.25, 0.3) is 5.91 Å². The number of carbonyl (C=O) groups is 3. The minimum atomic E-state index is -1.05. The Kier molecular flexibility index (Phi) is 4.96. The molecule has 4 N–H and O–H groups in total. The van der Waals surface area contributed by atoms with Gasteiger partial charge in [-0.15, -0.1) is 0 Å². The molecule has 1 saturated carbocycles. The van der Waals surface area contributed by atoms with E-state index < -0.39 is 29.5 Å². The number of hydrogen-bond acceptors (Lipinski definition) is 4. The predicted molar refractivity (Wildman–Crippen MR) is 90.6 cm³/mol. The van der Waals surface area contributed by atoms with E-state index >= 15 is 0 Å². The van der Waals surface area contributed by atoms with Crippen LogP contribution in [0, 0.1) is 0 Å². The molecule has 0 bridgehead atoms. The van der Waals surface area contributed by atoms with E-state index in [0.29, 0.717) is 23.4 Å². The van der Waals surface area contributed by atoms with Gasteiger partial charge in [-0.3, -0.25) is 14.4 Å². The lowest BCUT2D eigenvalue weighted by Crippen LogP contribution is -2.61. The molecule has 0 spiro atoms. The van der Waals surface area contributed by atoms with E-state index in [1.165, 1.54) is 0 Å². The van der Waals surface area contributed by atoms with E-state index in [4.69, 9.17) is 22.1 Å². The molecule has 7 nitrogen and oxygen atoms in total. The van der Waals surface area contributed by atoms with Gasteiger partial charge in [-0.1, -0.05) is 42.6 Å². The van der Waals surface area contributed by atoms with E-state index in [-0.39, 0.29) is 12.5 Å². The number of morpholine rings is 1. The van der Waals surface area contributed by atoms with Crippen LogP contribution < -0.4 is 16.4 Å². The Morgan fingerprint density at radius 3 is 2.60 bits per heavy atom. The summed E-state index contributed by atoms with van der Waals surface area (Å²) >= 11 is 6.21. The average Bonchev–Trinajstić information content (AvgIpc) is 3.05. The zero-order valence-corrected chi connectivity index (χ0v) is 14.3. The molecule has 1 aromatic carbocycles. The largest absolute Gasteiger partial charge is 0.368 e. The molecule has 0 radical (unpaired) electrons. The van der Waals surface area contributed by atoms with Gasteiger partial charge in [-0.2, -0.15) is 0 Å². The predicted octanol–water partition coefficient (Wildman–Crippen LogP) is 0.810. The number of benzene rings is 1. The van der Waals surface area contributed by atoms with Gasteiger partial charge >= 0.3 is 0 Å². The monoisotopic (exact) mass is 365 g/mol. The molecule has 1 heterocycles. The first-order valence-corrected chi connectivity index (χ1v) is 8.58. The van der Waals surface area contributed by atoms with Crippen molar-refractivity contribution in [3.63, 3.8) is 0 Å². The van der Waals surface area contributed by atoms with Crippen molar-refractivity contribution in [2.45, 2.75) is 43.4 Å². The van der Waals surface area contributed by atoms with Crippen LogP contribution in [0.2, 0.25) is 5.02 Å². The molecule has 3 amide bonds. The second-order valence-electron chi connectivity index (χ2n) is 6.44. The summed E-state index contributed by atoms with van der Waals surface area (Å²) in [4.78, 5) is 36.5. The van der Waals surface area contributed by atoms with E-state index in [1.807, 2.05) is 0 Å². The van der Waals surface area contributed by atoms with Crippen molar-refractivity contribution in [3.8, 4) is 0 Å². The van der Waals surface area contributed by atoms with Crippen LogP contribution in [-0.2, 0) is 19.1 Å². The van der Waals surface area contributed by atoms with Crippen LogP contribution in [0.25, 0.3) is 0 Å². The Morgan fingerprint density at radius 1 is 1.28 bits per heavy atom. The molecule has 134 valence electrons. The molecular weight excluding hydrogens is 346 g/mol. The maximum absolute atomic E-state index is 12.8. The zero-order valence-electron chi connectivity index (χ0n) is 13.6. The fourth-order valence-electron chi connectivity index (χ4n) is 3.47. The summed E-state index contributed by atoms with van der Waals surface area (Å²) < 4.78 is 5.47. The Balaban J connectivity index is 1.85. The van der Waals surface area contributed by atoms with Gasteiger partial charge in [0.05, 0.1) is 6.04 Å². The minimum Gasteiger partial charge on any atom is -0.368 e. The molecule has 0 unspecified atom stereocenters. The Hall–Kier alpha value is -2.12. The lowest BCUT2D eigenvalue weighted by Gasteiger charge is -2.35. The van der Waals surface area contributed by atoms with Crippen molar-refractivity contribution in [1.29, 1.82) is 0 Å². The second kappa shape index (κ2) is 7.01. The normalized spacial score (nSPS) is 25.2. The standard InChI is InChI=1S/C17H20ClN3O4/c18-11-6-2-1-5-10(11)13-14(25-9-12(22)20-13)15(23)21-17(16(19)24)7-3-4-8-17/h1-2,5-6,13-14H,3-4,7-9H2,(H2,19,24)(H,20,22)(H,21,23)/t13-,14+/m1/s1. The number of nitrogens with one attached hydrogen (secondary N) is 2. The highest BCUT2D eigenvalue weighted by molar-refractivity contribution is 6.31. The molecule has 2 aliphatic rings.